The molecule has 1 aromatic carbocycles. The predicted molar refractivity (Wildman–Crippen MR) is 75.9 cm³/mol. The Kier molecular flexibility index (Phi) is 3.41. The molecule has 0 radical (unpaired) electrons. The third-order valence-electron chi connectivity index (χ3n) is 3.12. The van der Waals surface area contributed by atoms with Crippen molar-refractivity contribution in [2.75, 3.05) is 0 Å². The average Bonchev–Trinajstić information content (AvgIpc) is 2.90. The second-order valence-electron chi connectivity index (χ2n) is 4.53. The Balaban J connectivity index is 1.64. The summed E-state index contributed by atoms with van der Waals surface area (Å²) in [5.74, 6) is -0.0274. The highest BCUT2D eigenvalue weighted by atomic mass is 16.1. The van der Waals surface area contributed by atoms with Gasteiger partial charge in [-0.3, -0.25) is 4.79 Å². The maximum atomic E-state index is 12.0. The molecular formula is C15H14N4O. The Morgan fingerprint density at radius 2 is 2.10 bits per heavy atom. The van der Waals surface area contributed by atoms with Gasteiger partial charge in [-0.2, -0.15) is 10.2 Å². The van der Waals surface area contributed by atoms with Crippen LogP contribution in [0.5, 0.6) is 0 Å². The highest BCUT2D eigenvalue weighted by Gasteiger charge is 2.08. The van der Waals surface area contributed by atoms with E-state index in [1.807, 2.05) is 36.5 Å². The lowest BCUT2D eigenvalue weighted by atomic mass is 10.1. The summed E-state index contributed by atoms with van der Waals surface area (Å²) in [5, 5.41) is 11.6. The predicted octanol–water partition coefficient (Wildman–Crippen LogP) is 1.82. The number of H-pyrrole nitrogens is 1. The van der Waals surface area contributed by atoms with E-state index in [1.165, 1.54) is 0 Å². The van der Waals surface area contributed by atoms with E-state index in [0.29, 0.717) is 13.0 Å². The molecule has 0 aliphatic heterocycles. The van der Waals surface area contributed by atoms with Crippen LogP contribution in [0.4, 0.5) is 0 Å². The van der Waals surface area contributed by atoms with Crippen LogP contribution >= 0.6 is 0 Å². The summed E-state index contributed by atoms with van der Waals surface area (Å²) in [5.41, 5.74) is 2.79. The molecule has 0 aliphatic rings. The molecule has 100 valence electrons. The zero-order valence-corrected chi connectivity index (χ0v) is 10.8. The van der Waals surface area contributed by atoms with Crippen LogP contribution in [0.25, 0.3) is 10.9 Å². The first-order chi connectivity index (χ1) is 9.83. The van der Waals surface area contributed by atoms with Crippen LogP contribution in [0.3, 0.4) is 0 Å². The molecule has 0 saturated heterocycles. The maximum absolute atomic E-state index is 12.0. The van der Waals surface area contributed by atoms with Crippen molar-refractivity contribution in [3.8, 4) is 0 Å². The summed E-state index contributed by atoms with van der Waals surface area (Å²) in [6.07, 6.45) is 3.84. The third-order valence-corrected chi connectivity index (χ3v) is 3.12. The zero-order valence-electron chi connectivity index (χ0n) is 10.8. The minimum atomic E-state index is -0.0274. The van der Waals surface area contributed by atoms with E-state index in [2.05, 4.69) is 20.5 Å². The smallest absolute Gasteiger partial charge is 0.224 e. The van der Waals surface area contributed by atoms with Crippen LogP contribution < -0.4 is 5.32 Å². The number of nitrogens with one attached hydrogen (secondary N) is 2. The minimum Gasteiger partial charge on any atom is -0.361 e. The molecule has 2 heterocycles. The van der Waals surface area contributed by atoms with Crippen molar-refractivity contribution in [1.29, 1.82) is 0 Å². The number of amides is 1. The van der Waals surface area contributed by atoms with E-state index >= 15 is 0 Å². The van der Waals surface area contributed by atoms with Crippen LogP contribution in [0.1, 0.15) is 11.3 Å². The topological polar surface area (TPSA) is 70.7 Å². The number of benzene rings is 1. The van der Waals surface area contributed by atoms with Crippen molar-refractivity contribution in [3.63, 3.8) is 0 Å². The number of carbonyl (C=O) groups excluding carboxylic acids is 1. The summed E-state index contributed by atoms with van der Waals surface area (Å²) < 4.78 is 0. The van der Waals surface area contributed by atoms with Gasteiger partial charge in [-0.25, -0.2) is 0 Å². The van der Waals surface area contributed by atoms with E-state index in [0.717, 1.165) is 22.2 Å². The van der Waals surface area contributed by atoms with Gasteiger partial charge < -0.3 is 10.3 Å². The van der Waals surface area contributed by atoms with Crippen LogP contribution in [0.15, 0.2) is 48.8 Å². The Morgan fingerprint density at radius 3 is 2.95 bits per heavy atom. The largest absolute Gasteiger partial charge is 0.361 e. The summed E-state index contributed by atoms with van der Waals surface area (Å²) >= 11 is 0. The Labute approximate surface area is 116 Å². The number of aromatic nitrogens is 3. The fourth-order valence-corrected chi connectivity index (χ4v) is 2.13. The molecule has 0 saturated carbocycles. The third kappa shape index (κ3) is 2.66. The molecule has 1 amide bonds. The van der Waals surface area contributed by atoms with Gasteiger partial charge >= 0.3 is 0 Å². The first kappa shape index (κ1) is 12.3. The van der Waals surface area contributed by atoms with Gasteiger partial charge in [0, 0.05) is 23.3 Å². The lowest BCUT2D eigenvalue weighted by Crippen LogP contribution is -2.25. The fourth-order valence-electron chi connectivity index (χ4n) is 2.13. The maximum Gasteiger partial charge on any atom is 0.224 e. The Bertz CT molecular complexity index is 721. The highest BCUT2D eigenvalue weighted by Crippen LogP contribution is 2.17. The van der Waals surface area contributed by atoms with E-state index < -0.39 is 0 Å². The molecule has 5 nitrogen and oxygen atoms in total. The molecule has 0 spiro atoms. The number of hydrogen-bond acceptors (Lipinski definition) is 3. The minimum absolute atomic E-state index is 0.0274. The molecule has 2 aromatic heterocycles. The Morgan fingerprint density at radius 1 is 1.20 bits per heavy atom. The molecule has 0 atom stereocenters. The summed E-state index contributed by atoms with van der Waals surface area (Å²) in [6, 6.07) is 11.6. The molecule has 3 aromatic rings. The van der Waals surface area contributed by atoms with Gasteiger partial charge in [0.25, 0.3) is 0 Å². The van der Waals surface area contributed by atoms with Crippen molar-refractivity contribution >= 4 is 16.8 Å². The van der Waals surface area contributed by atoms with Gasteiger partial charge in [0.2, 0.25) is 5.91 Å². The van der Waals surface area contributed by atoms with Gasteiger partial charge in [-0.15, -0.1) is 0 Å². The van der Waals surface area contributed by atoms with Crippen LogP contribution in [0.2, 0.25) is 0 Å². The van der Waals surface area contributed by atoms with Gasteiger partial charge in [-0.1, -0.05) is 18.2 Å². The van der Waals surface area contributed by atoms with Crippen LogP contribution in [-0.2, 0) is 17.8 Å². The molecule has 20 heavy (non-hydrogen) atoms. The van der Waals surface area contributed by atoms with Crippen molar-refractivity contribution in [1.82, 2.24) is 20.5 Å². The van der Waals surface area contributed by atoms with Gasteiger partial charge in [0.1, 0.15) is 0 Å². The fraction of sp³-hybridized carbons (Fsp3) is 0.133. The summed E-state index contributed by atoms with van der Waals surface area (Å²) in [6.45, 7) is 0.398. The summed E-state index contributed by atoms with van der Waals surface area (Å²) in [7, 11) is 0. The molecule has 2 N–H and O–H groups in total. The van der Waals surface area contributed by atoms with Gasteiger partial charge in [0.15, 0.2) is 0 Å². The van der Waals surface area contributed by atoms with Gasteiger partial charge in [0.05, 0.1) is 18.7 Å². The molecular weight excluding hydrogens is 252 g/mol. The normalized spacial score (nSPS) is 10.6. The van der Waals surface area contributed by atoms with Crippen molar-refractivity contribution in [2.24, 2.45) is 0 Å². The molecule has 5 heteroatoms. The first-order valence-electron chi connectivity index (χ1n) is 6.41. The second kappa shape index (κ2) is 5.52. The number of para-hydroxylation sites is 1. The Hall–Kier alpha value is -2.69. The molecule has 0 aliphatic carbocycles. The zero-order chi connectivity index (χ0) is 13.8. The van der Waals surface area contributed by atoms with E-state index in [1.54, 1.807) is 12.3 Å². The van der Waals surface area contributed by atoms with E-state index in [4.69, 9.17) is 0 Å². The summed E-state index contributed by atoms with van der Waals surface area (Å²) in [4.78, 5) is 15.1. The SMILES string of the molecule is O=C(Cc1c[nH]c2ccccc12)NCc1cccnn1. The van der Waals surface area contributed by atoms with Crippen LogP contribution in [0, 0.1) is 0 Å². The van der Waals surface area contributed by atoms with Crippen LogP contribution in [-0.4, -0.2) is 21.1 Å². The number of fused-ring (bicyclic) bond motifs is 1. The van der Waals surface area contributed by atoms with E-state index in [-0.39, 0.29) is 5.91 Å². The number of hydrogen-bond donors (Lipinski definition) is 2. The molecule has 0 unspecified atom stereocenters. The number of aromatic amines is 1. The van der Waals surface area contributed by atoms with Gasteiger partial charge in [-0.05, 0) is 23.8 Å². The standard InChI is InChI=1S/C15H14N4O/c20-15(17-10-12-4-3-7-18-19-12)8-11-9-16-14-6-2-1-5-13(11)14/h1-7,9,16H,8,10H2,(H,17,20). The lowest BCUT2D eigenvalue weighted by molar-refractivity contribution is -0.120. The van der Waals surface area contributed by atoms with Crippen molar-refractivity contribution < 1.29 is 4.79 Å². The number of nitrogens with zero attached hydrogens (tertiary/aromatic N) is 2. The monoisotopic (exact) mass is 266 g/mol. The molecule has 3 rings (SSSR count). The first-order valence-corrected chi connectivity index (χ1v) is 6.41. The van der Waals surface area contributed by atoms with Crippen molar-refractivity contribution in [2.45, 2.75) is 13.0 Å². The molecule has 0 fully saturated rings. The highest BCUT2D eigenvalue weighted by molar-refractivity contribution is 5.88. The average molecular weight is 266 g/mol. The number of rotatable bonds is 4. The van der Waals surface area contributed by atoms with Crippen molar-refractivity contribution in [3.05, 3.63) is 60.0 Å². The number of carbonyl (C=O) groups is 1. The lowest BCUT2D eigenvalue weighted by Gasteiger charge is -2.03. The second-order valence-corrected chi connectivity index (χ2v) is 4.53. The quantitative estimate of drug-likeness (QED) is 0.756. The molecule has 0 bridgehead atoms. The van der Waals surface area contributed by atoms with E-state index in [9.17, 15) is 4.79 Å².